The van der Waals surface area contributed by atoms with E-state index in [0.29, 0.717) is 23.4 Å². The number of carbonyl (C=O) groups is 1. The standard InChI is InChI=1S/C18H17N5O3/c19-17(20)13-4-8-14(9-5-13)22-11-21-23(18(22)26)15-6-1-12(2-7-15)3-10-16(24)25/h1-2,4-9,11H,3,10H2,(H3,19,20)(H,24,25). The molecule has 0 spiro atoms. The van der Waals surface area contributed by atoms with E-state index >= 15 is 0 Å². The Morgan fingerprint density at radius 2 is 1.69 bits per heavy atom. The lowest BCUT2D eigenvalue weighted by atomic mass is 10.1. The Morgan fingerprint density at radius 1 is 1.08 bits per heavy atom. The average molecular weight is 351 g/mol. The maximum Gasteiger partial charge on any atom is 0.355 e. The van der Waals surface area contributed by atoms with Gasteiger partial charge in [0.15, 0.2) is 0 Å². The van der Waals surface area contributed by atoms with Gasteiger partial charge in [0.05, 0.1) is 11.4 Å². The predicted octanol–water partition coefficient (Wildman–Crippen LogP) is 1.32. The lowest BCUT2D eigenvalue weighted by Crippen LogP contribution is -2.22. The van der Waals surface area contributed by atoms with Crippen LogP contribution in [0.5, 0.6) is 0 Å². The maximum absolute atomic E-state index is 12.6. The molecule has 2 aromatic carbocycles. The fraction of sp³-hybridized carbons (Fsp3) is 0.111. The number of aliphatic carboxylic acids is 1. The van der Waals surface area contributed by atoms with Gasteiger partial charge in [-0.05, 0) is 48.4 Å². The van der Waals surface area contributed by atoms with E-state index in [-0.39, 0.29) is 17.9 Å². The highest BCUT2D eigenvalue weighted by molar-refractivity contribution is 5.95. The van der Waals surface area contributed by atoms with Crippen LogP contribution in [0.2, 0.25) is 0 Å². The molecule has 8 nitrogen and oxygen atoms in total. The van der Waals surface area contributed by atoms with Crippen LogP contribution in [0.3, 0.4) is 0 Å². The number of nitrogens with two attached hydrogens (primary N) is 1. The van der Waals surface area contributed by atoms with E-state index in [1.165, 1.54) is 15.6 Å². The van der Waals surface area contributed by atoms with Crippen molar-refractivity contribution in [2.24, 2.45) is 5.73 Å². The Morgan fingerprint density at radius 3 is 2.27 bits per heavy atom. The molecule has 8 heteroatoms. The summed E-state index contributed by atoms with van der Waals surface area (Å²) in [6, 6.07) is 13.7. The van der Waals surface area contributed by atoms with Crippen LogP contribution in [-0.4, -0.2) is 31.3 Å². The third-order valence-electron chi connectivity index (χ3n) is 3.93. The minimum atomic E-state index is -0.847. The van der Waals surface area contributed by atoms with E-state index < -0.39 is 5.97 Å². The van der Waals surface area contributed by atoms with Crippen molar-refractivity contribution in [1.29, 1.82) is 5.41 Å². The number of hydrogen-bond donors (Lipinski definition) is 3. The number of nitrogens with one attached hydrogen (secondary N) is 1. The van der Waals surface area contributed by atoms with Crippen LogP contribution in [0.25, 0.3) is 11.4 Å². The molecule has 1 heterocycles. The molecule has 3 rings (SSSR count). The number of aryl methyl sites for hydroxylation is 1. The van der Waals surface area contributed by atoms with Gasteiger partial charge in [0, 0.05) is 12.0 Å². The number of nitrogens with zero attached hydrogens (tertiary/aromatic N) is 3. The van der Waals surface area contributed by atoms with Crippen molar-refractivity contribution in [3.63, 3.8) is 0 Å². The number of carboxylic acids is 1. The monoisotopic (exact) mass is 351 g/mol. The quantitative estimate of drug-likeness (QED) is 0.456. The summed E-state index contributed by atoms with van der Waals surface area (Å²) in [5.41, 5.74) is 7.75. The van der Waals surface area contributed by atoms with Crippen LogP contribution in [0, 0.1) is 5.41 Å². The van der Waals surface area contributed by atoms with Gasteiger partial charge in [0.25, 0.3) is 0 Å². The fourth-order valence-corrected chi connectivity index (χ4v) is 2.51. The van der Waals surface area contributed by atoms with Gasteiger partial charge < -0.3 is 10.8 Å². The molecule has 1 aromatic heterocycles. The Labute approximate surface area is 148 Å². The third kappa shape index (κ3) is 3.54. The Kier molecular flexibility index (Phi) is 4.66. The number of aromatic nitrogens is 3. The van der Waals surface area contributed by atoms with E-state index in [0.717, 1.165) is 5.56 Å². The molecule has 0 saturated heterocycles. The highest BCUT2D eigenvalue weighted by atomic mass is 16.4. The second-order valence-electron chi connectivity index (χ2n) is 5.72. The highest BCUT2D eigenvalue weighted by Gasteiger charge is 2.09. The first-order valence-corrected chi connectivity index (χ1v) is 7.88. The predicted molar refractivity (Wildman–Crippen MR) is 96.1 cm³/mol. The molecule has 0 unspecified atom stereocenters. The van der Waals surface area contributed by atoms with Crippen LogP contribution in [-0.2, 0) is 11.2 Å². The van der Waals surface area contributed by atoms with E-state index in [1.807, 2.05) is 0 Å². The number of hydrogen-bond acceptors (Lipinski definition) is 4. The average Bonchev–Trinajstić information content (AvgIpc) is 3.02. The lowest BCUT2D eigenvalue weighted by Gasteiger charge is -2.04. The van der Waals surface area contributed by atoms with Gasteiger partial charge in [-0.2, -0.15) is 9.78 Å². The molecular formula is C18H17N5O3. The molecule has 0 aliphatic carbocycles. The normalized spacial score (nSPS) is 10.6. The van der Waals surface area contributed by atoms with Gasteiger partial charge in [0.2, 0.25) is 0 Å². The summed E-state index contributed by atoms with van der Waals surface area (Å²) in [4.78, 5) is 23.2. The molecule has 132 valence electrons. The van der Waals surface area contributed by atoms with Gasteiger partial charge in [0.1, 0.15) is 12.2 Å². The van der Waals surface area contributed by atoms with Crippen LogP contribution in [0.15, 0.2) is 59.7 Å². The molecule has 0 aliphatic rings. The molecule has 0 amide bonds. The summed E-state index contributed by atoms with van der Waals surface area (Å²) in [7, 11) is 0. The van der Waals surface area contributed by atoms with Crippen molar-refractivity contribution in [3.05, 3.63) is 76.5 Å². The lowest BCUT2D eigenvalue weighted by molar-refractivity contribution is -0.136. The number of carboxylic acid groups (broad SMARTS) is 1. The summed E-state index contributed by atoms with van der Waals surface area (Å²) in [5, 5.41) is 20.3. The van der Waals surface area contributed by atoms with Crippen molar-refractivity contribution >= 4 is 11.8 Å². The van der Waals surface area contributed by atoms with Gasteiger partial charge in [-0.25, -0.2) is 9.36 Å². The van der Waals surface area contributed by atoms with Crippen molar-refractivity contribution in [2.45, 2.75) is 12.8 Å². The van der Waals surface area contributed by atoms with E-state index in [9.17, 15) is 9.59 Å². The largest absolute Gasteiger partial charge is 0.481 e. The van der Waals surface area contributed by atoms with Gasteiger partial charge in [-0.1, -0.05) is 12.1 Å². The molecule has 0 atom stereocenters. The zero-order chi connectivity index (χ0) is 18.7. The van der Waals surface area contributed by atoms with Gasteiger partial charge in [-0.3, -0.25) is 10.2 Å². The van der Waals surface area contributed by atoms with E-state index in [1.54, 1.807) is 48.5 Å². The molecule has 0 fully saturated rings. The minimum absolute atomic E-state index is 0.0393. The number of benzene rings is 2. The first kappa shape index (κ1) is 17.2. The van der Waals surface area contributed by atoms with Crippen LogP contribution in [0.4, 0.5) is 0 Å². The summed E-state index contributed by atoms with van der Waals surface area (Å²) < 4.78 is 2.65. The highest BCUT2D eigenvalue weighted by Crippen LogP contribution is 2.11. The zero-order valence-corrected chi connectivity index (χ0v) is 13.8. The molecule has 0 radical (unpaired) electrons. The number of amidine groups is 1. The summed E-state index contributed by atoms with van der Waals surface area (Å²) in [6.07, 6.45) is 1.91. The topological polar surface area (TPSA) is 127 Å². The minimum Gasteiger partial charge on any atom is -0.481 e. The third-order valence-corrected chi connectivity index (χ3v) is 3.93. The molecule has 0 bridgehead atoms. The van der Waals surface area contributed by atoms with Crippen LogP contribution in [0.1, 0.15) is 17.5 Å². The first-order chi connectivity index (χ1) is 12.5. The molecule has 0 aliphatic heterocycles. The van der Waals surface area contributed by atoms with Gasteiger partial charge in [-0.15, -0.1) is 0 Å². The zero-order valence-electron chi connectivity index (χ0n) is 13.8. The molecule has 3 aromatic rings. The molecule has 26 heavy (non-hydrogen) atoms. The van der Waals surface area contributed by atoms with Crippen molar-refractivity contribution in [1.82, 2.24) is 14.3 Å². The van der Waals surface area contributed by atoms with Crippen molar-refractivity contribution in [2.75, 3.05) is 0 Å². The second kappa shape index (κ2) is 7.06. The number of rotatable bonds is 6. The van der Waals surface area contributed by atoms with Gasteiger partial charge >= 0.3 is 11.7 Å². The van der Waals surface area contributed by atoms with Crippen LogP contribution >= 0.6 is 0 Å². The smallest absolute Gasteiger partial charge is 0.355 e. The first-order valence-electron chi connectivity index (χ1n) is 7.88. The number of nitrogen functional groups attached to an aromatic ring is 1. The van der Waals surface area contributed by atoms with E-state index in [4.69, 9.17) is 16.2 Å². The maximum atomic E-state index is 12.6. The summed E-state index contributed by atoms with van der Waals surface area (Å²) in [6.45, 7) is 0. The Bertz CT molecular complexity index is 1000. The molecule has 0 saturated carbocycles. The summed E-state index contributed by atoms with van der Waals surface area (Å²) >= 11 is 0. The summed E-state index contributed by atoms with van der Waals surface area (Å²) in [5.74, 6) is -0.887. The van der Waals surface area contributed by atoms with E-state index in [2.05, 4.69) is 5.10 Å². The fourth-order valence-electron chi connectivity index (χ4n) is 2.51. The second-order valence-corrected chi connectivity index (χ2v) is 5.72. The van der Waals surface area contributed by atoms with Crippen LogP contribution < -0.4 is 11.4 Å². The van der Waals surface area contributed by atoms with Crippen molar-refractivity contribution < 1.29 is 9.90 Å². The Balaban J connectivity index is 1.85. The van der Waals surface area contributed by atoms with Crippen molar-refractivity contribution in [3.8, 4) is 11.4 Å². The SMILES string of the molecule is N=C(N)c1ccc(-n2cnn(-c3ccc(CCC(=O)O)cc3)c2=O)cc1. The molecule has 4 N–H and O–H groups in total. The molecular weight excluding hydrogens is 334 g/mol. The Hall–Kier alpha value is -3.68.